The van der Waals surface area contributed by atoms with E-state index >= 15 is 0 Å². The number of fused-ring (bicyclic) bond motifs is 1. The van der Waals surface area contributed by atoms with Crippen LogP contribution in [0, 0.1) is 6.92 Å². The molecule has 0 amide bonds. The predicted molar refractivity (Wildman–Crippen MR) is 107 cm³/mol. The molecule has 3 aromatic rings. The van der Waals surface area contributed by atoms with Gasteiger partial charge in [-0.25, -0.2) is 4.98 Å². The summed E-state index contributed by atoms with van der Waals surface area (Å²) in [5.74, 6) is 1.56. The molecule has 2 aromatic carbocycles. The third-order valence-corrected chi connectivity index (χ3v) is 4.99. The van der Waals surface area contributed by atoms with Crippen LogP contribution in [0.1, 0.15) is 23.2 Å². The number of benzene rings is 2. The molecule has 0 saturated carbocycles. The summed E-state index contributed by atoms with van der Waals surface area (Å²) in [6, 6.07) is 18.4. The minimum absolute atomic E-state index is 0.596. The Hall–Kier alpha value is -2.59. The average Bonchev–Trinajstić information content (AvgIpc) is 2.66. The number of nitrogens with one attached hydrogen (secondary N) is 1. The van der Waals surface area contributed by atoms with E-state index in [1.54, 1.807) is 0 Å². The first kappa shape index (κ1) is 16.9. The Kier molecular flexibility index (Phi) is 4.76. The molecule has 1 aromatic heterocycles. The van der Waals surface area contributed by atoms with Crippen molar-refractivity contribution >= 4 is 29.1 Å². The largest absolute Gasteiger partial charge is 0.350 e. The van der Waals surface area contributed by atoms with Crippen LogP contribution in [-0.4, -0.2) is 16.5 Å². The van der Waals surface area contributed by atoms with Crippen molar-refractivity contribution in [3.05, 3.63) is 76.4 Å². The van der Waals surface area contributed by atoms with E-state index in [1.807, 2.05) is 37.3 Å². The van der Waals surface area contributed by atoms with Gasteiger partial charge >= 0.3 is 0 Å². The van der Waals surface area contributed by atoms with Gasteiger partial charge in [-0.3, -0.25) is 0 Å². The van der Waals surface area contributed by atoms with Crippen molar-refractivity contribution in [1.82, 2.24) is 9.97 Å². The molecule has 0 bridgehead atoms. The van der Waals surface area contributed by atoms with Gasteiger partial charge in [0.15, 0.2) is 0 Å². The summed E-state index contributed by atoms with van der Waals surface area (Å²) in [5, 5.41) is 4.06. The first-order valence-corrected chi connectivity index (χ1v) is 9.27. The zero-order chi connectivity index (χ0) is 17.9. The summed E-state index contributed by atoms with van der Waals surface area (Å²) in [7, 11) is 0. The third kappa shape index (κ3) is 3.51. The van der Waals surface area contributed by atoms with Crippen LogP contribution in [0.4, 0.5) is 17.5 Å². The van der Waals surface area contributed by atoms with Gasteiger partial charge in [-0.1, -0.05) is 48.0 Å². The topological polar surface area (TPSA) is 41.1 Å². The fraction of sp³-hybridized carbons (Fsp3) is 0.238. The van der Waals surface area contributed by atoms with E-state index in [0.29, 0.717) is 12.5 Å². The normalized spacial score (nSPS) is 13.4. The first-order valence-electron chi connectivity index (χ1n) is 8.89. The second-order valence-corrected chi connectivity index (χ2v) is 6.93. The quantitative estimate of drug-likeness (QED) is 0.696. The van der Waals surface area contributed by atoms with E-state index < -0.39 is 0 Å². The van der Waals surface area contributed by atoms with Crippen molar-refractivity contribution in [2.45, 2.75) is 26.3 Å². The second-order valence-electron chi connectivity index (χ2n) is 6.52. The zero-order valence-corrected chi connectivity index (χ0v) is 15.5. The van der Waals surface area contributed by atoms with Crippen LogP contribution in [0.2, 0.25) is 5.02 Å². The van der Waals surface area contributed by atoms with Gasteiger partial charge < -0.3 is 10.2 Å². The van der Waals surface area contributed by atoms with E-state index in [0.717, 1.165) is 41.5 Å². The smallest absolute Gasteiger partial charge is 0.225 e. The molecule has 0 unspecified atom stereocenters. The van der Waals surface area contributed by atoms with Gasteiger partial charge in [-0.05, 0) is 43.0 Å². The van der Waals surface area contributed by atoms with Gasteiger partial charge in [0.2, 0.25) is 5.95 Å². The van der Waals surface area contributed by atoms with Crippen molar-refractivity contribution in [2.24, 2.45) is 0 Å². The van der Waals surface area contributed by atoms with Gasteiger partial charge in [0.1, 0.15) is 5.82 Å². The van der Waals surface area contributed by atoms with Crippen LogP contribution >= 0.6 is 11.6 Å². The third-order valence-electron chi connectivity index (χ3n) is 4.62. The Morgan fingerprint density at radius 2 is 1.88 bits per heavy atom. The lowest BCUT2D eigenvalue weighted by Crippen LogP contribution is -2.25. The highest BCUT2D eigenvalue weighted by molar-refractivity contribution is 6.31. The van der Waals surface area contributed by atoms with Crippen molar-refractivity contribution < 1.29 is 0 Å². The molecule has 0 radical (unpaired) electrons. The van der Waals surface area contributed by atoms with Crippen molar-refractivity contribution in [1.29, 1.82) is 0 Å². The van der Waals surface area contributed by atoms with Crippen LogP contribution in [0.5, 0.6) is 0 Å². The molecule has 0 aliphatic carbocycles. The van der Waals surface area contributed by atoms with Crippen molar-refractivity contribution in [2.75, 3.05) is 16.8 Å². The highest BCUT2D eigenvalue weighted by Gasteiger charge is 2.19. The molecule has 132 valence electrons. The molecule has 1 N–H and O–H groups in total. The fourth-order valence-corrected chi connectivity index (χ4v) is 3.56. The molecule has 4 rings (SSSR count). The molecule has 1 aliphatic rings. The average molecular weight is 365 g/mol. The molecule has 5 heteroatoms. The Bertz CT molecular complexity index is 925. The van der Waals surface area contributed by atoms with E-state index in [-0.39, 0.29) is 0 Å². The maximum Gasteiger partial charge on any atom is 0.225 e. The predicted octanol–water partition coefficient (Wildman–Crippen LogP) is 5.13. The van der Waals surface area contributed by atoms with Gasteiger partial charge in [0.25, 0.3) is 0 Å². The molecule has 1 aliphatic heterocycles. The number of halogens is 1. The number of hydrogen-bond acceptors (Lipinski definition) is 4. The van der Waals surface area contributed by atoms with Gasteiger partial charge in [0.05, 0.1) is 0 Å². The first-order chi connectivity index (χ1) is 12.7. The Labute approximate surface area is 158 Å². The number of nitrogens with zero attached hydrogens (tertiary/aromatic N) is 3. The summed E-state index contributed by atoms with van der Waals surface area (Å²) >= 11 is 6.24. The van der Waals surface area contributed by atoms with Gasteiger partial charge in [-0.15, -0.1) is 0 Å². The molecule has 2 heterocycles. The van der Waals surface area contributed by atoms with Gasteiger partial charge in [0, 0.05) is 35.6 Å². The molecule has 0 spiro atoms. The van der Waals surface area contributed by atoms with E-state index in [2.05, 4.69) is 39.5 Å². The highest BCUT2D eigenvalue weighted by atomic mass is 35.5. The number of para-hydroxylation sites is 1. The summed E-state index contributed by atoms with van der Waals surface area (Å²) in [6.07, 6.45) is 2.25. The Morgan fingerprint density at radius 1 is 1.08 bits per heavy atom. The minimum Gasteiger partial charge on any atom is -0.350 e. The monoisotopic (exact) mass is 364 g/mol. The van der Waals surface area contributed by atoms with Crippen LogP contribution < -0.4 is 10.2 Å². The maximum atomic E-state index is 6.24. The summed E-state index contributed by atoms with van der Waals surface area (Å²) in [5.41, 5.74) is 4.60. The van der Waals surface area contributed by atoms with Crippen molar-refractivity contribution in [3.8, 4) is 0 Å². The minimum atomic E-state index is 0.596. The number of anilines is 3. The van der Waals surface area contributed by atoms with Crippen LogP contribution in [0.15, 0.2) is 54.6 Å². The van der Waals surface area contributed by atoms with E-state index in [9.17, 15) is 0 Å². The van der Waals surface area contributed by atoms with Crippen LogP contribution in [-0.2, 0) is 13.0 Å². The molecule has 0 fully saturated rings. The lowest BCUT2D eigenvalue weighted by molar-refractivity contribution is 0.758. The lowest BCUT2D eigenvalue weighted by atomic mass is 10.0. The molecular formula is C21H21ClN4. The maximum absolute atomic E-state index is 6.24. The molecule has 4 nitrogen and oxygen atoms in total. The summed E-state index contributed by atoms with van der Waals surface area (Å²) in [6.45, 7) is 3.57. The standard InChI is InChI=1S/C21H21ClN4/c1-15-13-20(26-12-6-9-16-7-3-5-11-19(16)26)25-21(24-15)23-14-17-8-2-4-10-18(17)22/h2-5,7-8,10-11,13H,6,9,12,14H2,1H3,(H,23,24,25). The molecule has 0 atom stereocenters. The molecule has 26 heavy (non-hydrogen) atoms. The number of rotatable bonds is 4. The number of aromatic nitrogens is 2. The van der Waals surface area contributed by atoms with Crippen molar-refractivity contribution in [3.63, 3.8) is 0 Å². The Morgan fingerprint density at radius 3 is 2.77 bits per heavy atom. The number of aryl methyl sites for hydroxylation is 2. The number of hydrogen-bond donors (Lipinski definition) is 1. The fourth-order valence-electron chi connectivity index (χ4n) is 3.36. The highest BCUT2D eigenvalue weighted by Crippen LogP contribution is 2.32. The summed E-state index contributed by atoms with van der Waals surface area (Å²) in [4.78, 5) is 11.6. The Balaban J connectivity index is 1.60. The molecule has 0 saturated heterocycles. The van der Waals surface area contributed by atoms with Gasteiger partial charge in [-0.2, -0.15) is 4.98 Å². The zero-order valence-electron chi connectivity index (χ0n) is 14.7. The van der Waals surface area contributed by atoms with E-state index in [1.165, 1.54) is 11.3 Å². The summed E-state index contributed by atoms with van der Waals surface area (Å²) < 4.78 is 0. The lowest BCUT2D eigenvalue weighted by Gasteiger charge is -2.30. The molecular weight excluding hydrogens is 344 g/mol. The SMILES string of the molecule is Cc1cc(N2CCCc3ccccc32)nc(NCc2ccccc2Cl)n1. The van der Waals surface area contributed by atoms with Crippen LogP contribution in [0.25, 0.3) is 0 Å². The van der Waals surface area contributed by atoms with Crippen LogP contribution in [0.3, 0.4) is 0 Å². The van der Waals surface area contributed by atoms with E-state index in [4.69, 9.17) is 16.6 Å². The second kappa shape index (κ2) is 7.34.